The topological polar surface area (TPSA) is 116 Å². The Labute approximate surface area is 209 Å². The molecule has 0 saturated carbocycles. The number of carbonyl (C=O) groups is 2. The highest BCUT2D eigenvalue weighted by molar-refractivity contribution is 7.80. The molecule has 2 aromatic carbocycles. The van der Waals surface area contributed by atoms with Gasteiger partial charge in [-0.3, -0.25) is 4.98 Å². The number of carboxylic acid groups (broad SMARTS) is 2. The number of rotatable bonds is 6. The van der Waals surface area contributed by atoms with Gasteiger partial charge in [0, 0.05) is 11.8 Å². The lowest BCUT2D eigenvalue weighted by molar-refractivity contribution is 0.0696. The van der Waals surface area contributed by atoms with E-state index >= 15 is 0 Å². The number of benzene rings is 2. The van der Waals surface area contributed by atoms with Crippen molar-refractivity contribution in [3.63, 3.8) is 0 Å². The maximum atomic E-state index is 14.9. The molecule has 180 valence electrons. The van der Waals surface area contributed by atoms with Crippen LogP contribution in [0.15, 0.2) is 83.4 Å². The molecule has 36 heavy (non-hydrogen) atoms. The molecule has 1 fully saturated rings. The fourth-order valence-corrected chi connectivity index (χ4v) is 4.57. The van der Waals surface area contributed by atoms with Crippen LogP contribution in [0, 0.1) is 5.82 Å². The van der Waals surface area contributed by atoms with E-state index in [0.29, 0.717) is 11.5 Å². The minimum absolute atomic E-state index is 0.189. The number of nitrogens with one attached hydrogen (secondary N) is 1. The lowest BCUT2D eigenvalue weighted by Crippen LogP contribution is -2.30. The molecule has 0 radical (unpaired) electrons. The van der Waals surface area contributed by atoms with E-state index in [1.54, 1.807) is 47.5 Å². The molecule has 0 spiro atoms. The molecule has 4 aromatic rings. The summed E-state index contributed by atoms with van der Waals surface area (Å²) in [5.74, 6) is -2.36. The first-order valence-corrected chi connectivity index (χ1v) is 11.2. The molecule has 0 aliphatic carbocycles. The molecule has 1 aliphatic rings. The second kappa shape index (κ2) is 9.23. The minimum Gasteiger partial charge on any atom is -0.478 e. The molecule has 2 aromatic heterocycles. The number of hydrogen-bond donors (Lipinski definition) is 3. The number of thiocarbonyl (C=S) groups is 1. The summed E-state index contributed by atoms with van der Waals surface area (Å²) in [7, 11) is 0. The van der Waals surface area contributed by atoms with E-state index in [0.717, 1.165) is 6.07 Å². The minimum atomic E-state index is -1.27. The van der Waals surface area contributed by atoms with Crippen molar-refractivity contribution in [2.45, 2.75) is 12.1 Å². The number of para-hydroxylation sites is 1. The summed E-state index contributed by atoms with van der Waals surface area (Å²) >= 11 is 5.58. The summed E-state index contributed by atoms with van der Waals surface area (Å²) in [5.41, 5.74) is 0.802. The third-order valence-electron chi connectivity index (χ3n) is 5.84. The van der Waals surface area contributed by atoms with Crippen LogP contribution in [-0.4, -0.2) is 32.2 Å². The molecule has 5 rings (SSSR count). The van der Waals surface area contributed by atoms with Crippen LogP contribution in [0.1, 0.15) is 44.3 Å². The molecule has 2 atom stereocenters. The van der Waals surface area contributed by atoms with E-state index in [1.807, 2.05) is 12.1 Å². The van der Waals surface area contributed by atoms with Gasteiger partial charge in [-0.1, -0.05) is 18.2 Å². The molecular formula is C26H18FN3O5S. The molecule has 1 aliphatic heterocycles. The van der Waals surface area contributed by atoms with Crippen LogP contribution in [0.5, 0.6) is 0 Å². The Hall–Kier alpha value is -4.57. The van der Waals surface area contributed by atoms with Gasteiger partial charge in [0.2, 0.25) is 0 Å². The van der Waals surface area contributed by atoms with Crippen LogP contribution >= 0.6 is 12.2 Å². The van der Waals surface area contributed by atoms with Crippen molar-refractivity contribution in [3.8, 4) is 11.3 Å². The molecule has 2 unspecified atom stereocenters. The Morgan fingerprint density at radius 1 is 0.972 bits per heavy atom. The van der Waals surface area contributed by atoms with Gasteiger partial charge in [0.25, 0.3) is 0 Å². The highest BCUT2D eigenvalue weighted by Gasteiger charge is 2.43. The van der Waals surface area contributed by atoms with Gasteiger partial charge in [-0.2, -0.15) is 0 Å². The fraction of sp³-hybridized carbons (Fsp3) is 0.0769. The lowest BCUT2D eigenvalue weighted by Gasteiger charge is -2.26. The molecular weight excluding hydrogens is 485 g/mol. The van der Waals surface area contributed by atoms with E-state index in [9.17, 15) is 24.2 Å². The van der Waals surface area contributed by atoms with Crippen molar-refractivity contribution in [2.24, 2.45) is 0 Å². The van der Waals surface area contributed by atoms with Crippen molar-refractivity contribution >= 4 is 35.0 Å². The molecule has 0 amide bonds. The zero-order chi connectivity index (χ0) is 25.4. The SMILES string of the molecule is O=C(O)c1cc(C(=O)O)cc(-c2ccc(C3C(c4ccccn4)NC(=S)N3c3ccccc3F)o2)c1. The first-order chi connectivity index (χ1) is 17.3. The van der Waals surface area contributed by atoms with Crippen LogP contribution in [0.4, 0.5) is 10.1 Å². The molecule has 8 nitrogen and oxygen atoms in total. The van der Waals surface area contributed by atoms with E-state index in [1.165, 1.54) is 18.2 Å². The predicted octanol–water partition coefficient (Wildman–Crippen LogP) is 5.05. The number of hydrogen-bond acceptors (Lipinski definition) is 5. The third kappa shape index (κ3) is 4.18. The van der Waals surface area contributed by atoms with Crippen LogP contribution in [0.2, 0.25) is 0 Å². The largest absolute Gasteiger partial charge is 0.478 e. The fourth-order valence-electron chi connectivity index (χ4n) is 4.23. The Morgan fingerprint density at radius 2 is 1.67 bits per heavy atom. The van der Waals surface area contributed by atoms with Gasteiger partial charge in [-0.15, -0.1) is 0 Å². The average Bonchev–Trinajstić information content (AvgIpc) is 3.49. The van der Waals surface area contributed by atoms with Gasteiger partial charge in [-0.05, 0) is 66.8 Å². The Balaban J connectivity index is 1.63. The van der Waals surface area contributed by atoms with E-state index in [2.05, 4.69) is 10.3 Å². The summed E-state index contributed by atoms with van der Waals surface area (Å²) in [6.07, 6.45) is 1.64. The van der Waals surface area contributed by atoms with Crippen LogP contribution in [-0.2, 0) is 0 Å². The first kappa shape index (κ1) is 23.2. The van der Waals surface area contributed by atoms with Gasteiger partial charge in [0.05, 0.1) is 28.6 Å². The Kier molecular flexibility index (Phi) is 5.95. The van der Waals surface area contributed by atoms with Gasteiger partial charge in [0.1, 0.15) is 23.4 Å². The number of pyridine rings is 1. The monoisotopic (exact) mass is 503 g/mol. The molecule has 10 heteroatoms. The second-order valence-corrected chi connectivity index (χ2v) is 8.45. The molecule has 0 bridgehead atoms. The maximum absolute atomic E-state index is 14.9. The number of aromatic nitrogens is 1. The predicted molar refractivity (Wildman–Crippen MR) is 132 cm³/mol. The van der Waals surface area contributed by atoms with E-state index < -0.39 is 29.8 Å². The molecule has 3 N–H and O–H groups in total. The average molecular weight is 504 g/mol. The van der Waals surface area contributed by atoms with Gasteiger partial charge >= 0.3 is 11.9 Å². The van der Waals surface area contributed by atoms with Gasteiger partial charge < -0.3 is 24.8 Å². The third-order valence-corrected chi connectivity index (χ3v) is 6.15. The van der Waals surface area contributed by atoms with Crippen molar-refractivity contribution in [1.29, 1.82) is 0 Å². The normalized spacial score (nSPS) is 17.1. The van der Waals surface area contributed by atoms with E-state index in [-0.39, 0.29) is 33.3 Å². The molecule has 3 heterocycles. The standard InChI is InChI=1S/C26H18FN3O5S/c27-17-5-1-2-7-19(17)30-23(22(29-26(30)36)18-6-3-4-10-28-18)21-9-8-20(35-21)14-11-15(24(31)32)13-16(12-14)25(33)34/h1-13,22-23H,(H,29,36)(H,31,32)(H,33,34). The highest BCUT2D eigenvalue weighted by atomic mass is 32.1. The number of carboxylic acids is 2. The second-order valence-electron chi connectivity index (χ2n) is 8.06. The van der Waals surface area contributed by atoms with Crippen molar-refractivity contribution in [1.82, 2.24) is 10.3 Å². The highest BCUT2D eigenvalue weighted by Crippen LogP contribution is 2.43. The summed E-state index contributed by atoms with van der Waals surface area (Å²) in [5, 5.41) is 22.3. The molecule has 1 saturated heterocycles. The van der Waals surface area contributed by atoms with Crippen LogP contribution < -0.4 is 10.2 Å². The Morgan fingerprint density at radius 3 is 2.31 bits per heavy atom. The number of anilines is 1. The number of furan rings is 1. The van der Waals surface area contributed by atoms with Crippen molar-refractivity contribution in [2.75, 3.05) is 4.90 Å². The lowest BCUT2D eigenvalue weighted by atomic mass is 10.0. The number of halogens is 1. The smallest absolute Gasteiger partial charge is 0.335 e. The van der Waals surface area contributed by atoms with Crippen LogP contribution in [0.3, 0.4) is 0 Å². The van der Waals surface area contributed by atoms with Crippen molar-refractivity contribution in [3.05, 3.63) is 107 Å². The van der Waals surface area contributed by atoms with Gasteiger partial charge in [0.15, 0.2) is 5.11 Å². The summed E-state index contributed by atoms with van der Waals surface area (Å²) < 4.78 is 21.0. The first-order valence-electron chi connectivity index (χ1n) is 10.8. The summed E-state index contributed by atoms with van der Waals surface area (Å²) in [4.78, 5) is 29.1. The van der Waals surface area contributed by atoms with Crippen molar-refractivity contribution < 1.29 is 28.6 Å². The van der Waals surface area contributed by atoms with E-state index in [4.69, 9.17) is 16.6 Å². The summed E-state index contributed by atoms with van der Waals surface area (Å²) in [6, 6.07) is 17.5. The zero-order valence-corrected chi connectivity index (χ0v) is 19.3. The Bertz CT molecular complexity index is 1460. The van der Waals surface area contributed by atoms with Crippen LogP contribution in [0.25, 0.3) is 11.3 Å². The summed E-state index contributed by atoms with van der Waals surface area (Å²) in [6.45, 7) is 0. The zero-order valence-electron chi connectivity index (χ0n) is 18.5. The van der Waals surface area contributed by atoms with Gasteiger partial charge in [-0.25, -0.2) is 14.0 Å². The number of aromatic carboxylic acids is 2. The number of nitrogens with zero attached hydrogens (tertiary/aromatic N) is 2. The quantitative estimate of drug-likeness (QED) is 0.311. The maximum Gasteiger partial charge on any atom is 0.335 e.